The number of halogens is 2. The second-order valence-electron chi connectivity index (χ2n) is 5.24. The van der Waals surface area contributed by atoms with E-state index in [1.807, 2.05) is 5.38 Å². The second kappa shape index (κ2) is 6.86. The predicted octanol–water partition coefficient (Wildman–Crippen LogP) is 5.18. The zero-order chi connectivity index (χ0) is 15.5. The lowest BCUT2D eigenvalue weighted by molar-refractivity contribution is 0.248. The van der Waals surface area contributed by atoms with Crippen molar-refractivity contribution in [3.8, 4) is 11.3 Å². The summed E-state index contributed by atoms with van der Waals surface area (Å²) in [6, 6.07) is 5.31. The molecular weight excluding hydrogens is 341 g/mol. The van der Waals surface area contributed by atoms with E-state index in [-0.39, 0.29) is 12.1 Å². The number of nitrogens with one attached hydrogen (secondary N) is 2. The van der Waals surface area contributed by atoms with Crippen molar-refractivity contribution in [2.45, 2.75) is 31.7 Å². The second-order valence-corrected chi connectivity index (χ2v) is 6.94. The molecule has 1 heterocycles. The van der Waals surface area contributed by atoms with Crippen LogP contribution in [0.2, 0.25) is 10.0 Å². The highest BCUT2D eigenvalue weighted by molar-refractivity contribution is 7.14. The van der Waals surface area contributed by atoms with E-state index in [2.05, 4.69) is 15.6 Å². The van der Waals surface area contributed by atoms with Gasteiger partial charge < -0.3 is 5.32 Å². The summed E-state index contributed by atoms with van der Waals surface area (Å²) in [5.41, 5.74) is 1.46. The van der Waals surface area contributed by atoms with E-state index in [4.69, 9.17) is 23.2 Å². The number of thiazole rings is 1. The standard InChI is InChI=1S/C15H15Cl2N3OS/c16-9-5-6-12(17)11(7-9)13-8-22-15(19-13)20-14(21)18-10-3-1-2-4-10/h5-8,10H,1-4H2,(H2,18,19,20,21). The number of carbonyl (C=O) groups excluding carboxylic acids is 1. The van der Waals surface area contributed by atoms with E-state index in [9.17, 15) is 4.79 Å². The van der Waals surface area contributed by atoms with Crippen molar-refractivity contribution >= 4 is 45.7 Å². The highest BCUT2D eigenvalue weighted by atomic mass is 35.5. The predicted molar refractivity (Wildman–Crippen MR) is 92.0 cm³/mol. The van der Waals surface area contributed by atoms with Crippen LogP contribution in [0.5, 0.6) is 0 Å². The van der Waals surface area contributed by atoms with Crippen LogP contribution in [0.15, 0.2) is 23.6 Å². The molecule has 2 N–H and O–H groups in total. The molecule has 1 aromatic carbocycles. The van der Waals surface area contributed by atoms with Crippen molar-refractivity contribution in [2.24, 2.45) is 0 Å². The molecule has 0 atom stereocenters. The number of rotatable bonds is 3. The molecule has 0 unspecified atom stereocenters. The van der Waals surface area contributed by atoms with Crippen molar-refractivity contribution in [2.75, 3.05) is 5.32 Å². The molecule has 2 amide bonds. The quantitative estimate of drug-likeness (QED) is 0.796. The van der Waals surface area contributed by atoms with Gasteiger partial charge in [0.05, 0.1) is 10.7 Å². The molecule has 1 fully saturated rings. The minimum absolute atomic E-state index is 0.204. The van der Waals surface area contributed by atoms with Gasteiger partial charge in [0, 0.05) is 22.0 Å². The number of carbonyl (C=O) groups is 1. The van der Waals surface area contributed by atoms with Gasteiger partial charge >= 0.3 is 6.03 Å². The van der Waals surface area contributed by atoms with Crippen molar-refractivity contribution in [1.82, 2.24) is 10.3 Å². The lowest BCUT2D eigenvalue weighted by Crippen LogP contribution is -2.36. The average Bonchev–Trinajstić information content (AvgIpc) is 3.13. The SMILES string of the molecule is O=C(Nc1nc(-c2cc(Cl)ccc2Cl)cs1)NC1CCCC1. The lowest BCUT2D eigenvalue weighted by Gasteiger charge is -2.11. The zero-order valence-corrected chi connectivity index (χ0v) is 14.1. The number of aromatic nitrogens is 1. The summed E-state index contributed by atoms with van der Waals surface area (Å²) in [7, 11) is 0. The van der Waals surface area contributed by atoms with Crippen LogP contribution >= 0.6 is 34.5 Å². The third-order valence-corrected chi connectivity index (χ3v) is 4.94. The fourth-order valence-corrected chi connectivity index (χ4v) is 3.63. The van der Waals surface area contributed by atoms with E-state index < -0.39 is 0 Å². The lowest BCUT2D eigenvalue weighted by atomic mass is 10.2. The maximum absolute atomic E-state index is 11.9. The van der Waals surface area contributed by atoms with E-state index in [1.165, 1.54) is 24.2 Å². The molecule has 0 radical (unpaired) electrons. The summed E-state index contributed by atoms with van der Waals surface area (Å²) >= 11 is 13.5. The molecule has 0 spiro atoms. The third kappa shape index (κ3) is 3.72. The molecule has 7 heteroatoms. The molecule has 1 aliphatic carbocycles. The maximum atomic E-state index is 11.9. The zero-order valence-electron chi connectivity index (χ0n) is 11.7. The van der Waals surface area contributed by atoms with Crippen molar-refractivity contribution in [1.29, 1.82) is 0 Å². The summed E-state index contributed by atoms with van der Waals surface area (Å²) in [6.07, 6.45) is 4.46. The first-order valence-electron chi connectivity index (χ1n) is 7.10. The van der Waals surface area contributed by atoms with Crippen molar-refractivity contribution < 1.29 is 4.79 Å². The number of hydrogen-bond donors (Lipinski definition) is 2. The van der Waals surface area contributed by atoms with Crippen LogP contribution < -0.4 is 10.6 Å². The van der Waals surface area contributed by atoms with E-state index in [0.29, 0.717) is 20.9 Å². The topological polar surface area (TPSA) is 54.0 Å². The number of nitrogens with zero attached hydrogens (tertiary/aromatic N) is 1. The van der Waals surface area contributed by atoms with Gasteiger partial charge in [-0.15, -0.1) is 11.3 Å². The highest BCUT2D eigenvalue weighted by Gasteiger charge is 2.18. The Morgan fingerprint density at radius 2 is 2.05 bits per heavy atom. The number of hydrogen-bond acceptors (Lipinski definition) is 3. The molecule has 1 aromatic heterocycles. The first-order valence-corrected chi connectivity index (χ1v) is 8.74. The van der Waals surface area contributed by atoms with E-state index in [1.54, 1.807) is 18.2 Å². The molecule has 0 saturated heterocycles. The molecule has 2 aromatic rings. The summed E-state index contributed by atoms with van der Waals surface area (Å²) in [5.74, 6) is 0. The summed E-state index contributed by atoms with van der Waals surface area (Å²) in [5, 5.41) is 9.31. The van der Waals surface area contributed by atoms with Gasteiger partial charge in [0.25, 0.3) is 0 Å². The van der Waals surface area contributed by atoms with E-state index >= 15 is 0 Å². The Morgan fingerprint density at radius 1 is 1.27 bits per heavy atom. The van der Waals surface area contributed by atoms with Crippen LogP contribution in [-0.4, -0.2) is 17.1 Å². The minimum atomic E-state index is -0.204. The molecule has 1 saturated carbocycles. The van der Waals surface area contributed by atoms with Crippen LogP contribution in [0, 0.1) is 0 Å². The fraction of sp³-hybridized carbons (Fsp3) is 0.333. The van der Waals surface area contributed by atoms with Gasteiger partial charge in [0.15, 0.2) is 5.13 Å². The van der Waals surface area contributed by atoms with Gasteiger partial charge in [-0.1, -0.05) is 36.0 Å². The van der Waals surface area contributed by atoms with Gasteiger partial charge in [-0.05, 0) is 31.0 Å². The van der Waals surface area contributed by atoms with Gasteiger partial charge in [0.2, 0.25) is 0 Å². The smallest absolute Gasteiger partial charge is 0.321 e. The first kappa shape index (κ1) is 15.6. The Kier molecular flexibility index (Phi) is 4.86. The van der Waals surface area contributed by atoms with Crippen LogP contribution in [-0.2, 0) is 0 Å². The molecule has 1 aliphatic rings. The Hall–Kier alpha value is -1.30. The fourth-order valence-electron chi connectivity index (χ4n) is 2.54. The molecule has 4 nitrogen and oxygen atoms in total. The third-order valence-electron chi connectivity index (χ3n) is 3.62. The maximum Gasteiger partial charge on any atom is 0.321 e. The van der Waals surface area contributed by atoms with Gasteiger partial charge in [0.1, 0.15) is 0 Å². The number of amides is 2. The average molecular weight is 356 g/mol. The van der Waals surface area contributed by atoms with Crippen molar-refractivity contribution in [3.63, 3.8) is 0 Å². The first-order chi connectivity index (χ1) is 10.6. The van der Waals surface area contributed by atoms with Crippen LogP contribution in [0.25, 0.3) is 11.3 Å². The Balaban J connectivity index is 1.68. The molecule has 116 valence electrons. The van der Waals surface area contributed by atoms with Gasteiger partial charge in [-0.3, -0.25) is 5.32 Å². The summed E-state index contributed by atoms with van der Waals surface area (Å²) in [4.78, 5) is 16.3. The van der Waals surface area contributed by atoms with Crippen LogP contribution in [0.1, 0.15) is 25.7 Å². The molecular formula is C15H15Cl2N3OS. The molecule has 22 heavy (non-hydrogen) atoms. The van der Waals surface area contributed by atoms with Gasteiger partial charge in [-0.2, -0.15) is 0 Å². The Bertz CT molecular complexity index is 683. The monoisotopic (exact) mass is 355 g/mol. The Labute approximate surface area is 142 Å². The summed E-state index contributed by atoms with van der Waals surface area (Å²) in [6.45, 7) is 0. The number of anilines is 1. The van der Waals surface area contributed by atoms with Crippen LogP contribution in [0.4, 0.5) is 9.93 Å². The van der Waals surface area contributed by atoms with Crippen molar-refractivity contribution in [3.05, 3.63) is 33.6 Å². The Morgan fingerprint density at radius 3 is 2.82 bits per heavy atom. The summed E-state index contributed by atoms with van der Waals surface area (Å²) < 4.78 is 0. The number of benzene rings is 1. The van der Waals surface area contributed by atoms with E-state index in [0.717, 1.165) is 18.4 Å². The van der Waals surface area contributed by atoms with Crippen LogP contribution in [0.3, 0.4) is 0 Å². The number of urea groups is 1. The minimum Gasteiger partial charge on any atom is -0.335 e. The van der Waals surface area contributed by atoms with Gasteiger partial charge in [-0.25, -0.2) is 9.78 Å². The largest absolute Gasteiger partial charge is 0.335 e. The highest BCUT2D eigenvalue weighted by Crippen LogP contribution is 2.32. The normalized spacial score (nSPS) is 15.0. The molecule has 0 bridgehead atoms. The molecule has 0 aliphatic heterocycles. The molecule has 3 rings (SSSR count).